The first-order valence-electron chi connectivity index (χ1n) is 7.42. The molecule has 0 amide bonds. The van der Waals surface area contributed by atoms with Crippen molar-refractivity contribution >= 4 is 37.6 Å². The second-order valence-electron chi connectivity index (χ2n) is 5.24. The fourth-order valence-corrected chi connectivity index (χ4v) is 3.17. The minimum atomic E-state index is 0.588. The highest BCUT2D eigenvalue weighted by molar-refractivity contribution is 7.26. The second-order valence-corrected chi connectivity index (χ2v) is 6.24. The van der Waals surface area contributed by atoms with E-state index in [1.807, 2.05) is 20.8 Å². The first kappa shape index (κ1) is 15.7. The third-order valence-electron chi connectivity index (χ3n) is 3.27. The molecule has 0 aliphatic heterocycles. The maximum atomic E-state index is 4.37. The van der Waals surface area contributed by atoms with Gasteiger partial charge in [0.15, 0.2) is 5.82 Å². The summed E-state index contributed by atoms with van der Waals surface area (Å²) in [7, 11) is 0. The first-order chi connectivity index (χ1) is 10.1. The maximum Gasteiger partial charge on any atom is 0.165 e. The van der Waals surface area contributed by atoms with Crippen molar-refractivity contribution in [3.63, 3.8) is 0 Å². The molecule has 0 saturated heterocycles. The minimum absolute atomic E-state index is 0.588. The minimum Gasteiger partial charge on any atom is -0.367 e. The van der Waals surface area contributed by atoms with E-state index in [1.165, 1.54) is 5.56 Å². The molecule has 0 spiro atoms. The zero-order chi connectivity index (χ0) is 15.6. The van der Waals surface area contributed by atoms with Crippen molar-refractivity contribution in [1.82, 2.24) is 20.4 Å². The van der Waals surface area contributed by atoms with Crippen LogP contribution in [-0.2, 0) is 0 Å². The summed E-state index contributed by atoms with van der Waals surface area (Å²) in [5.74, 6) is 1.51. The van der Waals surface area contributed by atoms with Crippen molar-refractivity contribution in [2.45, 2.75) is 41.5 Å². The normalized spacial score (nSPS) is 11.0. The van der Waals surface area contributed by atoms with Crippen LogP contribution in [0.1, 0.15) is 39.0 Å². The SMILES string of the molecule is CC.Cc1nnc2sc3c(NCC(C)C)n[nH]c3c2c1C. The molecule has 114 valence electrons. The number of fused-ring (bicyclic) bond motifs is 3. The zero-order valence-electron chi connectivity index (χ0n) is 13.5. The predicted octanol–water partition coefficient (Wildman–Crippen LogP) is 4.28. The number of hydrogen-bond acceptors (Lipinski definition) is 5. The molecular formula is C15H23N5S. The van der Waals surface area contributed by atoms with Crippen LogP contribution < -0.4 is 5.32 Å². The van der Waals surface area contributed by atoms with Gasteiger partial charge in [0, 0.05) is 11.9 Å². The van der Waals surface area contributed by atoms with Crippen LogP contribution in [0.2, 0.25) is 0 Å². The van der Waals surface area contributed by atoms with Crippen molar-refractivity contribution in [2.75, 3.05) is 11.9 Å². The number of rotatable bonds is 3. The molecule has 0 bridgehead atoms. The van der Waals surface area contributed by atoms with Crippen LogP contribution in [0.5, 0.6) is 0 Å². The highest BCUT2D eigenvalue weighted by Crippen LogP contribution is 2.37. The molecule has 3 rings (SSSR count). The lowest BCUT2D eigenvalue weighted by Crippen LogP contribution is -2.08. The van der Waals surface area contributed by atoms with Gasteiger partial charge in [0.2, 0.25) is 0 Å². The summed E-state index contributed by atoms with van der Waals surface area (Å²) in [6, 6.07) is 0. The zero-order valence-corrected chi connectivity index (χ0v) is 14.4. The Morgan fingerprint density at radius 2 is 1.90 bits per heavy atom. The van der Waals surface area contributed by atoms with Crippen LogP contribution in [0, 0.1) is 19.8 Å². The van der Waals surface area contributed by atoms with Crippen LogP contribution in [0.15, 0.2) is 0 Å². The van der Waals surface area contributed by atoms with E-state index in [2.05, 4.69) is 46.5 Å². The highest BCUT2D eigenvalue weighted by Gasteiger charge is 2.16. The van der Waals surface area contributed by atoms with Gasteiger partial charge in [0.1, 0.15) is 4.83 Å². The number of aromatic nitrogens is 4. The quantitative estimate of drug-likeness (QED) is 0.758. The number of thiophene rings is 1. The number of aryl methyl sites for hydroxylation is 2. The van der Waals surface area contributed by atoms with E-state index in [1.54, 1.807) is 11.3 Å². The lowest BCUT2D eigenvalue weighted by Gasteiger charge is -2.04. The largest absolute Gasteiger partial charge is 0.367 e. The molecule has 21 heavy (non-hydrogen) atoms. The molecule has 0 aliphatic rings. The molecule has 0 aromatic carbocycles. The third-order valence-corrected chi connectivity index (χ3v) is 4.35. The summed E-state index contributed by atoms with van der Waals surface area (Å²) in [6.45, 7) is 13.3. The van der Waals surface area contributed by atoms with Crippen molar-refractivity contribution in [2.24, 2.45) is 5.92 Å². The Hall–Kier alpha value is -1.69. The topological polar surface area (TPSA) is 66.5 Å². The number of nitrogens with one attached hydrogen (secondary N) is 2. The number of hydrogen-bond donors (Lipinski definition) is 2. The smallest absolute Gasteiger partial charge is 0.165 e. The molecule has 0 unspecified atom stereocenters. The van der Waals surface area contributed by atoms with Crippen molar-refractivity contribution in [3.05, 3.63) is 11.3 Å². The fourth-order valence-electron chi connectivity index (χ4n) is 2.07. The van der Waals surface area contributed by atoms with Crippen LogP contribution in [0.25, 0.3) is 20.4 Å². The van der Waals surface area contributed by atoms with Crippen LogP contribution in [-0.4, -0.2) is 26.9 Å². The van der Waals surface area contributed by atoms with Gasteiger partial charge in [-0.1, -0.05) is 27.7 Å². The Morgan fingerprint density at radius 3 is 2.57 bits per heavy atom. The van der Waals surface area contributed by atoms with E-state index in [0.29, 0.717) is 5.92 Å². The Bertz CT molecular complexity index is 741. The molecule has 0 saturated carbocycles. The summed E-state index contributed by atoms with van der Waals surface area (Å²) in [4.78, 5) is 0.972. The first-order valence-corrected chi connectivity index (χ1v) is 8.24. The van der Waals surface area contributed by atoms with Crippen molar-refractivity contribution < 1.29 is 0 Å². The number of nitrogens with zero attached hydrogens (tertiary/aromatic N) is 3. The molecule has 3 aromatic rings. The molecule has 5 nitrogen and oxygen atoms in total. The average molecular weight is 305 g/mol. The van der Waals surface area contributed by atoms with E-state index in [0.717, 1.165) is 38.5 Å². The van der Waals surface area contributed by atoms with E-state index in [4.69, 9.17) is 0 Å². The Labute approximate surface area is 129 Å². The molecule has 0 radical (unpaired) electrons. The van der Waals surface area contributed by atoms with E-state index in [9.17, 15) is 0 Å². The highest BCUT2D eigenvalue weighted by atomic mass is 32.1. The van der Waals surface area contributed by atoms with Gasteiger partial charge in [-0.3, -0.25) is 5.10 Å². The van der Waals surface area contributed by atoms with Crippen LogP contribution in [0.4, 0.5) is 5.82 Å². The molecular weight excluding hydrogens is 282 g/mol. The Morgan fingerprint density at radius 1 is 1.19 bits per heavy atom. The van der Waals surface area contributed by atoms with Gasteiger partial charge in [-0.15, -0.1) is 16.4 Å². The van der Waals surface area contributed by atoms with Crippen molar-refractivity contribution in [3.8, 4) is 0 Å². The third kappa shape index (κ3) is 2.85. The Kier molecular flexibility index (Phi) is 4.77. The van der Waals surface area contributed by atoms with Crippen LogP contribution in [0.3, 0.4) is 0 Å². The fraction of sp³-hybridized carbons (Fsp3) is 0.533. The number of H-pyrrole nitrogens is 1. The number of aromatic amines is 1. The van der Waals surface area contributed by atoms with E-state index in [-0.39, 0.29) is 0 Å². The van der Waals surface area contributed by atoms with Crippen LogP contribution >= 0.6 is 11.3 Å². The summed E-state index contributed by atoms with van der Waals surface area (Å²) < 4.78 is 1.14. The van der Waals surface area contributed by atoms with Gasteiger partial charge in [-0.2, -0.15) is 10.2 Å². The lowest BCUT2D eigenvalue weighted by atomic mass is 10.1. The molecule has 0 atom stereocenters. The van der Waals surface area contributed by atoms with Gasteiger partial charge in [0.25, 0.3) is 0 Å². The summed E-state index contributed by atoms with van der Waals surface area (Å²) in [6.07, 6.45) is 0. The Balaban J connectivity index is 0.000000774. The van der Waals surface area contributed by atoms with Crippen molar-refractivity contribution in [1.29, 1.82) is 0 Å². The molecule has 6 heteroatoms. The second kappa shape index (κ2) is 6.39. The summed E-state index contributed by atoms with van der Waals surface area (Å²) in [5.41, 5.74) is 3.22. The molecule has 0 aliphatic carbocycles. The summed E-state index contributed by atoms with van der Waals surface area (Å²) in [5, 5.41) is 20.5. The van der Waals surface area contributed by atoms with Gasteiger partial charge in [0.05, 0.1) is 15.9 Å². The number of anilines is 1. The van der Waals surface area contributed by atoms with Gasteiger partial charge in [-0.25, -0.2) is 0 Å². The molecule has 3 heterocycles. The predicted molar refractivity (Wildman–Crippen MR) is 91.2 cm³/mol. The van der Waals surface area contributed by atoms with E-state index < -0.39 is 0 Å². The maximum absolute atomic E-state index is 4.37. The van der Waals surface area contributed by atoms with E-state index >= 15 is 0 Å². The summed E-state index contributed by atoms with van der Waals surface area (Å²) >= 11 is 1.64. The monoisotopic (exact) mass is 305 g/mol. The average Bonchev–Trinajstić information content (AvgIpc) is 3.02. The molecule has 3 aromatic heterocycles. The molecule has 2 N–H and O–H groups in total. The lowest BCUT2D eigenvalue weighted by molar-refractivity contribution is 0.687. The van der Waals surface area contributed by atoms with Gasteiger partial charge < -0.3 is 5.32 Å². The standard InChI is InChI=1S/C13H17N5S.C2H6/c1-6(2)5-14-12-11-10(16-17-12)9-7(3)8(4)15-18-13(9)19-11;1-2/h6H,5H2,1-4H3,(H2,14,16,17);1-2H3. The van der Waals surface area contributed by atoms with Gasteiger partial charge >= 0.3 is 0 Å². The van der Waals surface area contributed by atoms with Gasteiger partial charge in [-0.05, 0) is 25.3 Å². The molecule has 0 fully saturated rings.